The van der Waals surface area contributed by atoms with Gasteiger partial charge >= 0.3 is 6.18 Å². The summed E-state index contributed by atoms with van der Waals surface area (Å²) in [6.07, 6.45) is -4.81. The van der Waals surface area contributed by atoms with Gasteiger partial charge in [-0.15, -0.1) is 0 Å². The molecule has 10 rings (SSSR count). The fraction of sp³-hybridized carbons (Fsp3) is 0.135. The van der Waals surface area contributed by atoms with Gasteiger partial charge in [0.05, 0.1) is 33.4 Å². The summed E-state index contributed by atoms with van der Waals surface area (Å²) >= 11 is 0. The Balaban J connectivity index is 1.37. The highest BCUT2D eigenvalue weighted by Crippen LogP contribution is 2.46. The smallest absolute Gasteiger partial charge is 0.309 e. The third-order valence-corrected chi connectivity index (χ3v) is 11.4. The molecule has 5 nitrogen and oxygen atoms in total. The molecule has 0 radical (unpaired) electrons. The van der Waals surface area contributed by atoms with Crippen LogP contribution in [0.2, 0.25) is 0 Å². The molecule has 0 saturated carbocycles. The van der Waals surface area contributed by atoms with Gasteiger partial charge in [0.15, 0.2) is 5.82 Å². The summed E-state index contributed by atoms with van der Waals surface area (Å²) in [6.45, 7) is 11.8. The Bertz CT molecular complexity index is 3140. The number of benzene rings is 7. The first-order valence-corrected chi connectivity index (χ1v) is 20.0. The molecule has 0 bridgehead atoms. The molecule has 0 saturated heterocycles. The molecule has 0 atom stereocenters. The Morgan fingerprint density at radius 2 is 0.783 bits per heavy atom. The summed E-state index contributed by atoms with van der Waals surface area (Å²) in [6, 6.07) is 43.4. The van der Waals surface area contributed by atoms with Gasteiger partial charge < -0.3 is 9.13 Å². The Hall–Kier alpha value is -7.06. The van der Waals surface area contributed by atoms with Crippen molar-refractivity contribution in [2.45, 2.75) is 47.7 Å². The van der Waals surface area contributed by atoms with E-state index in [0.717, 1.165) is 66.1 Å². The lowest BCUT2D eigenvalue weighted by Crippen LogP contribution is -2.16. The molecule has 294 valence electrons. The van der Waals surface area contributed by atoms with Crippen LogP contribution in [0, 0.1) is 41.5 Å². The molecular weight excluding hydrogens is 752 g/mol. The van der Waals surface area contributed by atoms with Crippen molar-refractivity contribution >= 4 is 43.6 Å². The second-order valence-electron chi connectivity index (χ2n) is 16.1. The number of aryl methyl sites for hydroxylation is 6. The van der Waals surface area contributed by atoms with Gasteiger partial charge in [0.25, 0.3) is 0 Å². The summed E-state index contributed by atoms with van der Waals surface area (Å²) in [7, 11) is 0. The lowest BCUT2D eigenvalue weighted by Gasteiger charge is -2.23. The average molecular weight is 792 g/mol. The van der Waals surface area contributed by atoms with E-state index in [-0.39, 0.29) is 11.4 Å². The molecule has 0 aliphatic heterocycles. The van der Waals surface area contributed by atoms with E-state index in [1.165, 1.54) is 0 Å². The van der Waals surface area contributed by atoms with Crippen molar-refractivity contribution in [3.8, 4) is 45.0 Å². The number of fused-ring (bicyclic) bond motifs is 6. The van der Waals surface area contributed by atoms with Gasteiger partial charge in [-0.25, -0.2) is 15.0 Å². The van der Waals surface area contributed by atoms with Gasteiger partial charge in [0, 0.05) is 27.1 Å². The van der Waals surface area contributed by atoms with Gasteiger partial charge in [0.2, 0.25) is 0 Å². The van der Waals surface area contributed by atoms with E-state index in [2.05, 4.69) is 81.2 Å². The summed E-state index contributed by atoms with van der Waals surface area (Å²) in [5.41, 5.74) is 10.5. The standard InChI is InChI=1S/C52H40F3N5/c1-29-19-30(2)22-37(21-29)35-15-17-42-40-11-7-9-13-44(40)59(46(42)25-35)48-27-39(51-57-33(5)56-34(6)58-51)28-49(50(48)52(53,54)55)60-45-14-10-8-12-41(45)43-18-16-36(26-47(43)60)38-23-31(3)20-32(4)24-38/h7-28H,1-6H3. The SMILES string of the molecule is Cc1cc(C)cc(-c2ccc3c4ccccc4n(-c4cc(-c5nc(C)nc(C)n5)cc(-n5c6ccccc6c6ccc(-c7cc(C)cc(C)c7)cc65)c4C(F)(F)F)c3c2)c1. The zero-order chi connectivity index (χ0) is 41.6. The maximum Gasteiger partial charge on any atom is 0.420 e. The summed E-state index contributed by atoms with van der Waals surface area (Å²) in [4.78, 5) is 13.8. The average Bonchev–Trinajstić information content (AvgIpc) is 3.71. The Kier molecular flexibility index (Phi) is 8.54. The number of hydrogen-bond donors (Lipinski definition) is 0. The van der Waals surface area contributed by atoms with Crippen LogP contribution in [0.1, 0.15) is 39.5 Å². The predicted octanol–water partition coefficient (Wildman–Crippen LogP) is 13.9. The number of aromatic nitrogens is 5. The molecule has 60 heavy (non-hydrogen) atoms. The van der Waals surface area contributed by atoms with Crippen LogP contribution in [-0.2, 0) is 6.18 Å². The van der Waals surface area contributed by atoms with Crippen LogP contribution in [0.4, 0.5) is 13.2 Å². The van der Waals surface area contributed by atoms with E-state index in [9.17, 15) is 0 Å². The maximum atomic E-state index is 16.6. The Labute approximate surface area is 345 Å². The van der Waals surface area contributed by atoms with E-state index in [1.807, 2.05) is 72.8 Å². The van der Waals surface area contributed by atoms with Crippen molar-refractivity contribution in [1.82, 2.24) is 24.1 Å². The fourth-order valence-electron chi connectivity index (χ4n) is 9.23. The molecule has 0 N–H and O–H groups in total. The monoisotopic (exact) mass is 791 g/mol. The lowest BCUT2D eigenvalue weighted by atomic mass is 9.99. The van der Waals surface area contributed by atoms with Crippen LogP contribution in [0.15, 0.2) is 133 Å². The molecule has 10 aromatic rings. The second kappa shape index (κ2) is 13.8. The molecule has 3 aromatic heterocycles. The van der Waals surface area contributed by atoms with Crippen LogP contribution in [-0.4, -0.2) is 24.1 Å². The second-order valence-corrected chi connectivity index (χ2v) is 16.1. The zero-order valence-corrected chi connectivity index (χ0v) is 34.1. The zero-order valence-electron chi connectivity index (χ0n) is 34.1. The molecule has 8 heteroatoms. The van der Waals surface area contributed by atoms with E-state index < -0.39 is 11.7 Å². The van der Waals surface area contributed by atoms with Crippen molar-refractivity contribution in [2.24, 2.45) is 0 Å². The largest absolute Gasteiger partial charge is 0.420 e. The normalized spacial score (nSPS) is 12.1. The first-order chi connectivity index (χ1) is 28.8. The first kappa shape index (κ1) is 37.2. The Morgan fingerprint density at radius 1 is 0.383 bits per heavy atom. The third kappa shape index (κ3) is 6.22. The molecule has 0 fully saturated rings. The molecule has 0 aliphatic carbocycles. The van der Waals surface area contributed by atoms with Gasteiger partial charge in [0.1, 0.15) is 17.2 Å². The van der Waals surface area contributed by atoms with Crippen molar-refractivity contribution in [1.29, 1.82) is 0 Å². The molecule has 0 unspecified atom stereocenters. The number of hydrogen-bond acceptors (Lipinski definition) is 3. The maximum absolute atomic E-state index is 16.6. The Morgan fingerprint density at radius 3 is 1.20 bits per heavy atom. The number of halogens is 3. The molecule has 3 heterocycles. The highest BCUT2D eigenvalue weighted by molar-refractivity contribution is 6.12. The fourth-order valence-corrected chi connectivity index (χ4v) is 9.23. The number of rotatable bonds is 5. The number of para-hydroxylation sites is 2. The molecule has 0 amide bonds. The first-order valence-electron chi connectivity index (χ1n) is 20.0. The van der Waals surface area contributed by atoms with Crippen LogP contribution >= 0.6 is 0 Å². The molecule has 0 spiro atoms. The minimum atomic E-state index is -4.81. The third-order valence-electron chi connectivity index (χ3n) is 11.4. The quantitative estimate of drug-likeness (QED) is 0.174. The predicted molar refractivity (Wildman–Crippen MR) is 238 cm³/mol. The highest BCUT2D eigenvalue weighted by Gasteiger charge is 2.40. The van der Waals surface area contributed by atoms with E-state index in [4.69, 9.17) is 9.97 Å². The topological polar surface area (TPSA) is 48.5 Å². The molecule has 0 aliphatic rings. The van der Waals surface area contributed by atoms with Gasteiger partial charge in [-0.3, -0.25) is 0 Å². The van der Waals surface area contributed by atoms with Crippen LogP contribution in [0.3, 0.4) is 0 Å². The highest BCUT2D eigenvalue weighted by atomic mass is 19.4. The summed E-state index contributed by atoms with van der Waals surface area (Å²) in [5, 5.41) is 3.39. The summed E-state index contributed by atoms with van der Waals surface area (Å²) in [5.74, 6) is 1.25. The lowest BCUT2D eigenvalue weighted by molar-refractivity contribution is -0.137. The van der Waals surface area contributed by atoms with E-state index >= 15 is 13.2 Å². The van der Waals surface area contributed by atoms with Gasteiger partial charge in [-0.05, 0) is 100 Å². The van der Waals surface area contributed by atoms with Gasteiger partial charge in [-0.2, -0.15) is 13.2 Å². The van der Waals surface area contributed by atoms with E-state index in [0.29, 0.717) is 45.1 Å². The molecule has 7 aromatic carbocycles. The minimum absolute atomic E-state index is 0.0223. The van der Waals surface area contributed by atoms with Crippen LogP contribution < -0.4 is 0 Å². The summed E-state index contributed by atoms with van der Waals surface area (Å²) < 4.78 is 53.2. The van der Waals surface area contributed by atoms with Crippen LogP contribution in [0.25, 0.3) is 88.6 Å². The van der Waals surface area contributed by atoms with Crippen molar-refractivity contribution in [3.63, 3.8) is 0 Å². The number of nitrogens with zero attached hydrogens (tertiary/aromatic N) is 5. The van der Waals surface area contributed by atoms with Crippen molar-refractivity contribution in [3.05, 3.63) is 173 Å². The molecular formula is C52H40F3N5. The van der Waals surface area contributed by atoms with Gasteiger partial charge in [-0.1, -0.05) is 119 Å². The van der Waals surface area contributed by atoms with Crippen LogP contribution in [0.5, 0.6) is 0 Å². The van der Waals surface area contributed by atoms with E-state index in [1.54, 1.807) is 35.1 Å². The minimum Gasteiger partial charge on any atom is -0.309 e. The number of alkyl halides is 3. The van der Waals surface area contributed by atoms with Crippen molar-refractivity contribution in [2.75, 3.05) is 0 Å². The van der Waals surface area contributed by atoms with Crippen molar-refractivity contribution < 1.29 is 13.2 Å².